The number of nitrogens with zero attached hydrogens (tertiary/aromatic N) is 3. The number of carbonyl (C=O) groups is 1. The van der Waals surface area contributed by atoms with Gasteiger partial charge in [0.25, 0.3) is 0 Å². The van der Waals surface area contributed by atoms with Crippen LogP contribution in [0.4, 0.5) is 13.2 Å². The average Bonchev–Trinajstić information content (AvgIpc) is 3.10. The second kappa shape index (κ2) is 5.30. The summed E-state index contributed by atoms with van der Waals surface area (Å²) in [6.07, 6.45) is -0.181. The molecule has 120 valence electrons. The highest BCUT2D eigenvalue weighted by molar-refractivity contribution is 7.84. The predicted octanol–water partition coefficient (Wildman–Crippen LogP) is 2.32. The summed E-state index contributed by atoms with van der Waals surface area (Å²) < 4.78 is 52.1. The Morgan fingerprint density at radius 3 is 2.65 bits per heavy atom. The number of hydrogen-bond donors (Lipinski definition) is 1. The molecule has 0 bridgehead atoms. The van der Waals surface area contributed by atoms with E-state index in [-0.39, 0.29) is 21.9 Å². The number of aromatic amines is 1. The number of alkyl halides is 3. The maximum Gasteiger partial charge on any atom is 0.417 e. The number of rotatable bonds is 3. The minimum absolute atomic E-state index is 0.129. The molecule has 0 aliphatic rings. The van der Waals surface area contributed by atoms with Crippen LogP contribution < -0.4 is 0 Å². The van der Waals surface area contributed by atoms with Crippen LogP contribution in [0.15, 0.2) is 29.4 Å². The molecule has 0 radical (unpaired) electrons. The van der Waals surface area contributed by atoms with Crippen molar-refractivity contribution in [3.05, 3.63) is 35.7 Å². The zero-order valence-corrected chi connectivity index (χ0v) is 12.4. The van der Waals surface area contributed by atoms with E-state index in [2.05, 4.69) is 15.1 Å². The maximum absolute atomic E-state index is 13.1. The smallest absolute Gasteiger partial charge is 0.322 e. The van der Waals surface area contributed by atoms with Crippen molar-refractivity contribution in [2.45, 2.75) is 11.1 Å². The van der Waals surface area contributed by atoms with Crippen molar-refractivity contribution in [1.29, 1.82) is 0 Å². The lowest BCUT2D eigenvalue weighted by molar-refractivity contribution is -0.139. The van der Waals surface area contributed by atoms with Gasteiger partial charge >= 0.3 is 6.18 Å². The number of carbonyl (C=O) groups excluding carboxylic acids is 1. The number of hydrogen-bond acceptors (Lipinski definition) is 4. The highest BCUT2D eigenvalue weighted by Gasteiger charge is 2.35. The fraction of sp³-hybridized carbons (Fsp3) is 0.154. The van der Waals surface area contributed by atoms with Crippen molar-refractivity contribution in [3.63, 3.8) is 0 Å². The van der Waals surface area contributed by atoms with Crippen molar-refractivity contribution < 1.29 is 22.2 Å². The van der Waals surface area contributed by atoms with Crippen LogP contribution in [0.2, 0.25) is 0 Å². The van der Waals surface area contributed by atoms with Crippen molar-refractivity contribution >= 4 is 28.1 Å². The van der Waals surface area contributed by atoms with Gasteiger partial charge in [0.2, 0.25) is 5.95 Å². The molecule has 1 N–H and O–H groups in total. The molecule has 23 heavy (non-hydrogen) atoms. The van der Waals surface area contributed by atoms with Crippen molar-refractivity contribution in [2.75, 3.05) is 6.26 Å². The average molecular weight is 342 g/mol. The van der Waals surface area contributed by atoms with Gasteiger partial charge in [0, 0.05) is 12.5 Å². The summed E-state index contributed by atoms with van der Waals surface area (Å²) in [6, 6.07) is 2.01. The number of fused-ring (bicyclic) bond motifs is 1. The van der Waals surface area contributed by atoms with E-state index in [4.69, 9.17) is 0 Å². The second-order valence-electron chi connectivity index (χ2n) is 4.71. The summed E-state index contributed by atoms with van der Waals surface area (Å²) in [7, 11) is -1.82. The minimum atomic E-state index is -4.63. The number of H-pyrrole nitrogens is 1. The highest BCUT2D eigenvalue weighted by Crippen LogP contribution is 2.35. The maximum atomic E-state index is 13.1. The number of benzene rings is 1. The van der Waals surface area contributed by atoms with Gasteiger partial charge in [-0.3, -0.25) is 9.00 Å². The zero-order chi connectivity index (χ0) is 16.8. The Morgan fingerprint density at radius 2 is 2.09 bits per heavy atom. The summed E-state index contributed by atoms with van der Waals surface area (Å²) in [5, 5.41) is 3.89. The molecule has 2 aromatic heterocycles. The van der Waals surface area contributed by atoms with E-state index in [1.165, 1.54) is 23.3 Å². The van der Waals surface area contributed by atoms with Gasteiger partial charge in [-0.15, -0.1) is 0 Å². The molecule has 0 amide bonds. The van der Waals surface area contributed by atoms with Crippen LogP contribution in [0.25, 0.3) is 17.0 Å². The Kier molecular flexibility index (Phi) is 3.55. The van der Waals surface area contributed by atoms with Gasteiger partial charge < -0.3 is 4.98 Å². The fourth-order valence-electron chi connectivity index (χ4n) is 2.11. The summed E-state index contributed by atoms with van der Waals surface area (Å²) in [4.78, 5) is 17.1. The standard InChI is InChI=1S/C13H9F3N4O2S/c1-23(22)11-3-10-9(2-8(11)13(14,15)16)18-12(19-10)20-5-7(6-21)4-17-20/h2-6H,1H3,(H,18,19). The largest absolute Gasteiger partial charge is 0.417 e. The Morgan fingerprint density at radius 1 is 1.35 bits per heavy atom. The van der Waals surface area contributed by atoms with Crippen LogP contribution in [-0.2, 0) is 17.0 Å². The van der Waals surface area contributed by atoms with Gasteiger partial charge in [-0.2, -0.15) is 18.3 Å². The number of nitrogens with one attached hydrogen (secondary N) is 1. The van der Waals surface area contributed by atoms with E-state index in [0.717, 1.165) is 12.1 Å². The Labute approximate surface area is 129 Å². The quantitative estimate of drug-likeness (QED) is 0.741. The van der Waals surface area contributed by atoms with E-state index in [1.54, 1.807) is 0 Å². The molecule has 1 unspecified atom stereocenters. The molecule has 0 aliphatic heterocycles. The first-order valence-electron chi connectivity index (χ1n) is 6.24. The number of aromatic nitrogens is 4. The molecule has 2 heterocycles. The van der Waals surface area contributed by atoms with Gasteiger partial charge in [0.05, 0.1) is 44.1 Å². The number of halogens is 3. The van der Waals surface area contributed by atoms with E-state index in [1.807, 2.05) is 0 Å². The van der Waals surface area contributed by atoms with Crippen LogP contribution in [0.5, 0.6) is 0 Å². The van der Waals surface area contributed by atoms with Gasteiger partial charge in [0.15, 0.2) is 6.29 Å². The van der Waals surface area contributed by atoms with Crippen LogP contribution in [0.3, 0.4) is 0 Å². The fourth-order valence-corrected chi connectivity index (χ4v) is 2.87. The van der Waals surface area contributed by atoms with Crippen LogP contribution >= 0.6 is 0 Å². The predicted molar refractivity (Wildman–Crippen MR) is 75.9 cm³/mol. The van der Waals surface area contributed by atoms with Gasteiger partial charge in [-0.05, 0) is 12.1 Å². The van der Waals surface area contributed by atoms with Crippen molar-refractivity contribution in [2.24, 2.45) is 0 Å². The molecule has 6 nitrogen and oxygen atoms in total. The molecule has 3 aromatic rings. The number of aldehydes is 1. The van der Waals surface area contributed by atoms with E-state index in [9.17, 15) is 22.2 Å². The molecule has 0 saturated carbocycles. The second-order valence-corrected chi connectivity index (χ2v) is 6.06. The minimum Gasteiger partial charge on any atom is -0.322 e. The Balaban J connectivity index is 2.19. The lowest BCUT2D eigenvalue weighted by atomic mass is 10.2. The third kappa shape index (κ3) is 2.77. The van der Waals surface area contributed by atoms with E-state index < -0.39 is 22.5 Å². The topological polar surface area (TPSA) is 80.6 Å². The van der Waals surface area contributed by atoms with Crippen LogP contribution in [-0.4, -0.2) is 36.5 Å². The van der Waals surface area contributed by atoms with E-state index in [0.29, 0.717) is 11.8 Å². The lowest BCUT2D eigenvalue weighted by Crippen LogP contribution is -2.09. The highest BCUT2D eigenvalue weighted by atomic mass is 32.2. The molecule has 10 heteroatoms. The summed E-state index contributed by atoms with van der Waals surface area (Å²) in [6.45, 7) is 0. The van der Waals surface area contributed by atoms with Gasteiger partial charge in [-0.1, -0.05) is 0 Å². The first-order valence-corrected chi connectivity index (χ1v) is 7.80. The Bertz CT molecular complexity index is 929. The molecule has 0 spiro atoms. The summed E-state index contributed by atoms with van der Waals surface area (Å²) in [5.41, 5.74) is -0.321. The molecular weight excluding hydrogens is 333 g/mol. The third-order valence-electron chi connectivity index (χ3n) is 3.14. The van der Waals surface area contributed by atoms with E-state index >= 15 is 0 Å². The number of imidazole rings is 1. The Hall–Kier alpha value is -2.49. The summed E-state index contributed by atoms with van der Waals surface area (Å²) >= 11 is 0. The first-order chi connectivity index (χ1) is 10.8. The first kappa shape index (κ1) is 15.4. The van der Waals surface area contributed by atoms with Crippen molar-refractivity contribution in [1.82, 2.24) is 19.7 Å². The van der Waals surface area contributed by atoms with Crippen LogP contribution in [0.1, 0.15) is 15.9 Å². The van der Waals surface area contributed by atoms with Gasteiger partial charge in [-0.25, -0.2) is 9.67 Å². The SMILES string of the molecule is CS(=O)c1cc2nc(-n3cc(C=O)cn3)[nH]c2cc1C(F)(F)F. The molecule has 1 aromatic carbocycles. The van der Waals surface area contributed by atoms with Crippen molar-refractivity contribution in [3.8, 4) is 5.95 Å². The van der Waals surface area contributed by atoms with Gasteiger partial charge in [0.1, 0.15) is 0 Å². The lowest BCUT2D eigenvalue weighted by Gasteiger charge is -2.10. The van der Waals surface area contributed by atoms with Crippen LogP contribution in [0, 0.1) is 0 Å². The molecular formula is C13H9F3N4O2S. The summed E-state index contributed by atoms with van der Waals surface area (Å²) in [5.74, 6) is 0.153. The third-order valence-corrected chi connectivity index (χ3v) is 4.10. The molecule has 3 rings (SSSR count). The molecule has 0 aliphatic carbocycles. The normalized spacial score (nSPS) is 13.4. The zero-order valence-electron chi connectivity index (χ0n) is 11.6. The molecule has 0 saturated heterocycles. The molecule has 1 atom stereocenters. The molecule has 0 fully saturated rings. The monoisotopic (exact) mass is 342 g/mol.